The molecule has 86 heavy (non-hydrogen) atoms. The van der Waals surface area contributed by atoms with Crippen molar-refractivity contribution in [1.29, 1.82) is 0 Å². The molecule has 18 rings (SSSR count). The summed E-state index contributed by atoms with van der Waals surface area (Å²) in [5.74, 6) is 2.38. The smallest absolute Gasteiger partial charge is 0.238 e. The zero-order valence-electron chi connectivity index (χ0n) is 46.0. The van der Waals surface area contributed by atoms with Gasteiger partial charge in [0, 0.05) is 75.6 Å². The quantitative estimate of drug-likeness (QED) is 0.151. The van der Waals surface area contributed by atoms with Crippen LogP contribution in [0.5, 0.6) is 0 Å². The highest BCUT2D eigenvalue weighted by molar-refractivity contribution is 7.26. The van der Waals surface area contributed by atoms with Gasteiger partial charge in [0.05, 0.1) is 49.0 Å². The summed E-state index contributed by atoms with van der Waals surface area (Å²) < 4.78 is 9.29. The summed E-state index contributed by atoms with van der Waals surface area (Å²) in [5.41, 5.74) is 16.7. The van der Waals surface area contributed by atoms with Gasteiger partial charge >= 0.3 is 0 Å². The molecule has 0 radical (unpaired) electrons. The van der Waals surface area contributed by atoms with E-state index < -0.39 is 0 Å². The van der Waals surface area contributed by atoms with E-state index in [9.17, 15) is 0 Å². The average molecular weight is 1120 g/mol. The van der Waals surface area contributed by atoms with Gasteiger partial charge in [-0.3, -0.25) is 9.13 Å². The number of nitrogens with zero attached hydrogens (tertiary/aromatic N) is 8. The Bertz CT molecular complexity index is 5760. The first-order chi connectivity index (χ1) is 42.6. The highest BCUT2D eigenvalue weighted by atomic mass is 32.1. The van der Waals surface area contributed by atoms with Crippen LogP contribution in [0.25, 0.3) is 170 Å². The fraction of sp³-hybridized carbons (Fsp3) is 0. The fourth-order valence-electron chi connectivity index (χ4n) is 13.1. The zero-order valence-corrected chi connectivity index (χ0v) is 46.9. The highest BCUT2D eigenvalue weighted by Crippen LogP contribution is 2.44. The lowest BCUT2D eigenvalue weighted by molar-refractivity contribution is 0.955. The van der Waals surface area contributed by atoms with Crippen molar-refractivity contribution >= 4 is 108 Å². The van der Waals surface area contributed by atoms with E-state index in [-0.39, 0.29) is 0 Å². The second-order valence-corrected chi connectivity index (χ2v) is 23.0. The summed E-state index contributed by atoms with van der Waals surface area (Å²) >= 11 is 1.81. The van der Waals surface area contributed by atoms with Gasteiger partial charge in [-0.15, -0.1) is 11.3 Å². The molecule has 0 fully saturated rings. The summed E-state index contributed by atoms with van der Waals surface area (Å²) in [5, 5.41) is 10.5. The van der Waals surface area contributed by atoms with Gasteiger partial charge < -0.3 is 4.57 Å². The monoisotopic (exact) mass is 1110 g/mol. The third-order valence-electron chi connectivity index (χ3n) is 17.1. The van der Waals surface area contributed by atoms with Gasteiger partial charge in [-0.05, 0) is 95.1 Å². The highest BCUT2D eigenvalue weighted by Gasteiger charge is 2.23. The van der Waals surface area contributed by atoms with Crippen molar-refractivity contribution in [2.75, 3.05) is 0 Å². The molecule has 0 aliphatic heterocycles. The largest absolute Gasteiger partial charge is 0.309 e. The van der Waals surface area contributed by atoms with Crippen LogP contribution in [-0.2, 0) is 0 Å². The predicted octanol–water partition coefficient (Wildman–Crippen LogP) is 19.8. The molecule has 0 N–H and O–H groups in total. The molecule has 0 amide bonds. The Hall–Kier alpha value is -11.4. The van der Waals surface area contributed by atoms with Crippen molar-refractivity contribution in [1.82, 2.24) is 38.6 Å². The molecular formula is C77H46N8S. The Morgan fingerprint density at radius 3 is 1.38 bits per heavy atom. The van der Waals surface area contributed by atoms with Crippen molar-refractivity contribution in [2.24, 2.45) is 0 Å². The number of fused-ring (bicyclic) bond motifs is 14. The topological polar surface area (TPSA) is 79.2 Å². The van der Waals surface area contributed by atoms with Crippen LogP contribution in [0, 0.1) is 0 Å². The maximum atomic E-state index is 5.53. The van der Waals surface area contributed by atoms with Crippen molar-refractivity contribution in [3.63, 3.8) is 0 Å². The van der Waals surface area contributed by atoms with Crippen molar-refractivity contribution in [3.8, 4) is 73.9 Å². The van der Waals surface area contributed by atoms with Crippen LogP contribution in [0.3, 0.4) is 0 Å². The number of hydrogen-bond acceptors (Lipinski definition) is 6. The van der Waals surface area contributed by atoms with Crippen molar-refractivity contribution in [3.05, 3.63) is 279 Å². The number of thiophene rings is 1. The summed E-state index contributed by atoms with van der Waals surface area (Å²) in [4.78, 5) is 26.8. The molecule has 0 aliphatic rings. The number of rotatable bonds is 8. The molecule has 12 aromatic carbocycles. The molecule has 0 spiro atoms. The minimum atomic E-state index is 0.569. The lowest BCUT2D eigenvalue weighted by Gasteiger charge is -2.13. The minimum Gasteiger partial charge on any atom is -0.309 e. The normalized spacial score (nSPS) is 12.0. The van der Waals surface area contributed by atoms with E-state index in [1.807, 2.05) is 29.5 Å². The van der Waals surface area contributed by atoms with E-state index in [0.717, 1.165) is 105 Å². The number of hydrogen-bond donors (Lipinski definition) is 0. The summed E-state index contributed by atoms with van der Waals surface area (Å²) in [6.07, 6.45) is 0. The van der Waals surface area contributed by atoms with Gasteiger partial charge in [-0.1, -0.05) is 206 Å². The third-order valence-corrected chi connectivity index (χ3v) is 18.3. The van der Waals surface area contributed by atoms with Crippen LogP contribution < -0.4 is 0 Å². The SMILES string of the molecule is c1ccc(-c2nc(-c3ccc(-c4ccc5nc(-n6c7ccccc7c7cc(-c8ccc9c(c8)c8ccccc8n9-c8ccccc8)ccc76)nc(-c6ccccc6)c5c4)cc3)nc(-n3c4ccccc4c4ccc5c6ccccc6sc5c43)n2)cc1. The molecule has 9 heteroatoms. The van der Waals surface area contributed by atoms with Gasteiger partial charge in [0.15, 0.2) is 11.6 Å². The molecule has 18 aromatic rings. The van der Waals surface area contributed by atoms with Crippen LogP contribution in [0.1, 0.15) is 0 Å². The molecule has 0 saturated heterocycles. The first-order valence-electron chi connectivity index (χ1n) is 28.9. The number of benzene rings is 12. The Kier molecular flexibility index (Phi) is 10.7. The van der Waals surface area contributed by atoms with Gasteiger partial charge in [-0.25, -0.2) is 15.0 Å². The summed E-state index contributed by atoms with van der Waals surface area (Å²) in [6.45, 7) is 0. The molecule has 0 aliphatic carbocycles. The fourth-order valence-corrected chi connectivity index (χ4v) is 14.4. The number of para-hydroxylation sites is 4. The maximum absolute atomic E-state index is 5.53. The Labute approximate surface area is 496 Å². The van der Waals surface area contributed by atoms with Crippen molar-refractivity contribution < 1.29 is 0 Å². The Morgan fingerprint density at radius 1 is 0.256 bits per heavy atom. The lowest BCUT2D eigenvalue weighted by atomic mass is 9.99. The molecule has 400 valence electrons. The van der Waals surface area contributed by atoms with Crippen LogP contribution in [0.4, 0.5) is 0 Å². The van der Waals surface area contributed by atoms with Gasteiger partial charge in [0.25, 0.3) is 0 Å². The number of aromatic nitrogens is 8. The van der Waals surface area contributed by atoms with E-state index in [1.54, 1.807) is 0 Å². The van der Waals surface area contributed by atoms with E-state index in [1.165, 1.54) is 42.0 Å². The molecule has 0 unspecified atom stereocenters. The second-order valence-electron chi connectivity index (χ2n) is 22.0. The average Bonchev–Trinajstić information content (AvgIpc) is 1.72. The van der Waals surface area contributed by atoms with Crippen LogP contribution in [0.2, 0.25) is 0 Å². The van der Waals surface area contributed by atoms with Gasteiger partial charge in [-0.2, -0.15) is 9.97 Å². The standard InChI is InChI=1S/C77H46N8S/c1-4-18-48(19-5-1)71-63-46-51(47-32-34-50(35-33-47)75-80-74(49-20-6-2-7-21-49)81-77(82-75)85-67-30-16-10-24-55(67)59-39-40-60-58-27-13-17-31-70(58)86-73(60)72(59)85)36-41-64(63)78-76(79-71)84-66-29-15-12-26-57(66)62-45-53(38-43-69(62)84)52-37-42-68-61(44-52)56-25-11-14-28-65(56)83(68)54-22-8-3-9-23-54/h1-46H. The van der Waals surface area contributed by atoms with Crippen LogP contribution in [-0.4, -0.2) is 38.6 Å². The molecule has 6 aromatic heterocycles. The predicted molar refractivity (Wildman–Crippen MR) is 356 cm³/mol. The zero-order chi connectivity index (χ0) is 56.4. The van der Waals surface area contributed by atoms with E-state index in [0.29, 0.717) is 23.5 Å². The molecule has 6 heterocycles. The lowest BCUT2D eigenvalue weighted by Crippen LogP contribution is -2.06. The van der Waals surface area contributed by atoms with Crippen LogP contribution >= 0.6 is 11.3 Å². The Balaban J connectivity index is 0.742. The Morgan fingerprint density at radius 2 is 0.709 bits per heavy atom. The third kappa shape index (κ3) is 7.51. The summed E-state index contributed by atoms with van der Waals surface area (Å²) in [7, 11) is 0. The van der Waals surface area contributed by atoms with Crippen molar-refractivity contribution in [2.45, 2.75) is 0 Å². The van der Waals surface area contributed by atoms with Crippen LogP contribution in [0.15, 0.2) is 279 Å². The second kappa shape index (κ2) is 19.1. The van der Waals surface area contributed by atoms with Gasteiger partial charge in [0.1, 0.15) is 0 Å². The summed E-state index contributed by atoms with van der Waals surface area (Å²) in [6, 6.07) is 99.1. The minimum absolute atomic E-state index is 0.569. The molecule has 0 bridgehead atoms. The first-order valence-corrected chi connectivity index (χ1v) is 29.7. The van der Waals surface area contributed by atoms with E-state index in [2.05, 4.69) is 275 Å². The maximum Gasteiger partial charge on any atom is 0.238 e. The molecule has 0 saturated carbocycles. The van der Waals surface area contributed by atoms with Gasteiger partial charge in [0.2, 0.25) is 11.9 Å². The van der Waals surface area contributed by atoms with E-state index in [4.69, 9.17) is 24.9 Å². The molecule has 8 nitrogen and oxygen atoms in total. The molecular weight excluding hydrogens is 1070 g/mol. The van der Waals surface area contributed by atoms with E-state index >= 15 is 0 Å². The first kappa shape index (κ1) is 48.2. The molecule has 0 atom stereocenters.